The van der Waals surface area contributed by atoms with Crippen molar-refractivity contribution in [2.24, 2.45) is 0 Å². The largest absolute Gasteiger partial charge is 0.339 e. The molecule has 0 saturated carbocycles. The first-order valence-electron chi connectivity index (χ1n) is 8.56. The van der Waals surface area contributed by atoms with Crippen LogP contribution < -0.4 is 10.9 Å². The summed E-state index contributed by atoms with van der Waals surface area (Å²) >= 11 is 0. The summed E-state index contributed by atoms with van der Waals surface area (Å²) in [6.45, 7) is 5.40. The highest BCUT2D eigenvalue weighted by Crippen LogP contribution is 2.06. The number of carbonyl (C=O) groups excluding carboxylic acids is 4. The molecule has 26 heavy (non-hydrogen) atoms. The fourth-order valence-electron chi connectivity index (χ4n) is 2.62. The molecular formula is C18H24N4O4. The van der Waals surface area contributed by atoms with E-state index in [1.807, 2.05) is 6.92 Å². The molecule has 0 atom stereocenters. The van der Waals surface area contributed by atoms with Crippen LogP contribution in [0.15, 0.2) is 24.3 Å². The van der Waals surface area contributed by atoms with Gasteiger partial charge in [0.25, 0.3) is 5.91 Å². The van der Waals surface area contributed by atoms with Gasteiger partial charge in [-0.2, -0.15) is 0 Å². The van der Waals surface area contributed by atoms with E-state index in [1.165, 1.54) is 6.92 Å². The third kappa shape index (κ3) is 5.58. The lowest BCUT2D eigenvalue weighted by Crippen LogP contribution is -2.50. The average Bonchev–Trinajstić information content (AvgIpc) is 2.64. The zero-order chi connectivity index (χ0) is 19.1. The molecule has 4 amide bonds. The summed E-state index contributed by atoms with van der Waals surface area (Å²) in [6.07, 6.45) is 0.0479. The predicted molar refractivity (Wildman–Crippen MR) is 94.9 cm³/mol. The number of piperazine rings is 1. The predicted octanol–water partition coefficient (Wildman–Crippen LogP) is 0.227. The number of aryl methyl sites for hydroxylation is 1. The number of carbonyl (C=O) groups is 4. The van der Waals surface area contributed by atoms with Crippen molar-refractivity contribution in [3.05, 3.63) is 35.4 Å². The third-order valence-corrected chi connectivity index (χ3v) is 4.27. The summed E-state index contributed by atoms with van der Waals surface area (Å²) in [5, 5.41) is 0. The Hall–Kier alpha value is -2.90. The smallest absolute Gasteiger partial charge is 0.269 e. The van der Waals surface area contributed by atoms with Crippen LogP contribution in [0.4, 0.5) is 0 Å². The van der Waals surface area contributed by atoms with Crippen LogP contribution in [0.5, 0.6) is 0 Å². The highest BCUT2D eigenvalue weighted by atomic mass is 16.2. The molecule has 140 valence electrons. The maximum atomic E-state index is 12.1. The first kappa shape index (κ1) is 19.4. The van der Waals surface area contributed by atoms with Crippen LogP contribution in [0.25, 0.3) is 0 Å². The molecule has 0 aliphatic carbocycles. The Morgan fingerprint density at radius 2 is 1.46 bits per heavy atom. The molecule has 1 fully saturated rings. The summed E-state index contributed by atoms with van der Waals surface area (Å²) in [5.74, 6) is -0.972. The maximum Gasteiger partial charge on any atom is 0.269 e. The van der Waals surface area contributed by atoms with E-state index < -0.39 is 11.8 Å². The summed E-state index contributed by atoms with van der Waals surface area (Å²) < 4.78 is 0. The Labute approximate surface area is 152 Å². The normalized spacial score (nSPS) is 13.9. The molecule has 1 aliphatic heterocycles. The van der Waals surface area contributed by atoms with Gasteiger partial charge in [-0.1, -0.05) is 17.7 Å². The van der Waals surface area contributed by atoms with Gasteiger partial charge in [0.1, 0.15) is 0 Å². The van der Waals surface area contributed by atoms with Gasteiger partial charge in [-0.25, -0.2) is 0 Å². The lowest BCUT2D eigenvalue weighted by Gasteiger charge is -2.34. The lowest BCUT2D eigenvalue weighted by molar-refractivity contribution is -0.139. The molecule has 0 unspecified atom stereocenters. The van der Waals surface area contributed by atoms with E-state index >= 15 is 0 Å². The van der Waals surface area contributed by atoms with Crippen LogP contribution in [0, 0.1) is 6.92 Å². The van der Waals surface area contributed by atoms with Crippen molar-refractivity contribution in [1.82, 2.24) is 20.7 Å². The quantitative estimate of drug-likeness (QED) is 0.751. The van der Waals surface area contributed by atoms with Gasteiger partial charge >= 0.3 is 0 Å². The summed E-state index contributed by atoms with van der Waals surface area (Å²) in [5.41, 5.74) is 6.12. The molecular weight excluding hydrogens is 336 g/mol. The third-order valence-electron chi connectivity index (χ3n) is 4.27. The van der Waals surface area contributed by atoms with E-state index in [0.29, 0.717) is 31.7 Å². The SMILES string of the molecule is CC(=O)N1CCN(C(=O)CCC(=O)NNC(=O)c2ccc(C)cc2)CC1. The molecule has 0 bridgehead atoms. The summed E-state index contributed by atoms with van der Waals surface area (Å²) in [4.78, 5) is 50.4. The molecule has 1 saturated heterocycles. The average molecular weight is 360 g/mol. The zero-order valence-corrected chi connectivity index (χ0v) is 15.1. The first-order valence-corrected chi connectivity index (χ1v) is 8.56. The van der Waals surface area contributed by atoms with Gasteiger partial charge in [0.15, 0.2) is 0 Å². The highest BCUT2D eigenvalue weighted by molar-refractivity contribution is 5.95. The molecule has 8 nitrogen and oxygen atoms in total. The fourth-order valence-corrected chi connectivity index (χ4v) is 2.62. The number of nitrogens with zero attached hydrogens (tertiary/aromatic N) is 2. The zero-order valence-electron chi connectivity index (χ0n) is 15.1. The van der Waals surface area contributed by atoms with Gasteiger partial charge in [0.2, 0.25) is 17.7 Å². The number of hydrogen-bond acceptors (Lipinski definition) is 4. The number of rotatable bonds is 4. The van der Waals surface area contributed by atoms with Gasteiger partial charge in [-0.15, -0.1) is 0 Å². The maximum absolute atomic E-state index is 12.1. The Balaban J connectivity index is 1.68. The van der Waals surface area contributed by atoms with Gasteiger partial charge in [-0.3, -0.25) is 30.0 Å². The highest BCUT2D eigenvalue weighted by Gasteiger charge is 2.22. The Morgan fingerprint density at radius 1 is 0.885 bits per heavy atom. The molecule has 8 heteroatoms. The second-order valence-corrected chi connectivity index (χ2v) is 6.26. The number of amides is 4. The number of benzene rings is 1. The molecule has 2 N–H and O–H groups in total. The van der Waals surface area contributed by atoms with Crippen LogP contribution in [0.2, 0.25) is 0 Å². The van der Waals surface area contributed by atoms with Crippen molar-refractivity contribution in [2.45, 2.75) is 26.7 Å². The minimum absolute atomic E-state index is 0.000736. The van der Waals surface area contributed by atoms with Crippen molar-refractivity contribution in [3.63, 3.8) is 0 Å². The van der Waals surface area contributed by atoms with Crippen LogP contribution in [0.1, 0.15) is 35.7 Å². The minimum atomic E-state index is -0.429. The lowest BCUT2D eigenvalue weighted by atomic mass is 10.1. The molecule has 1 heterocycles. The molecule has 1 aliphatic rings. The van der Waals surface area contributed by atoms with E-state index in [4.69, 9.17) is 0 Å². The molecule has 0 radical (unpaired) electrons. The van der Waals surface area contributed by atoms with E-state index in [2.05, 4.69) is 10.9 Å². The Morgan fingerprint density at radius 3 is 2.04 bits per heavy atom. The van der Waals surface area contributed by atoms with E-state index in [0.717, 1.165) is 5.56 Å². The van der Waals surface area contributed by atoms with E-state index in [-0.39, 0.29) is 24.7 Å². The molecule has 1 aromatic carbocycles. The molecule has 2 rings (SSSR count). The van der Waals surface area contributed by atoms with Gasteiger partial charge < -0.3 is 9.80 Å². The molecule has 0 spiro atoms. The number of hydrazine groups is 1. The van der Waals surface area contributed by atoms with Gasteiger partial charge in [-0.05, 0) is 19.1 Å². The number of hydrogen-bond donors (Lipinski definition) is 2. The number of nitrogens with one attached hydrogen (secondary N) is 2. The van der Waals surface area contributed by atoms with Crippen molar-refractivity contribution in [3.8, 4) is 0 Å². The summed E-state index contributed by atoms with van der Waals surface area (Å²) in [6, 6.07) is 6.95. The van der Waals surface area contributed by atoms with Crippen molar-refractivity contribution in [1.29, 1.82) is 0 Å². The van der Waals surface area contributed by atoms with Gasteiger partial charge in [0, 0.05) is 51.5 Å². The van der Waals surface area contributed by atoms with Crippen LogP contribution in [-0.4, -0.2) is 59.6 Å². The second kappa shape index (κ2) is 8.98. The topological polar surface area (TPSA) is 98.8 Å². The van der Waals surface area contributed by atoms with E-state index in [1.54, 1.807) is 34.1 Å². The Kier molecular flexibility index (Phi) is 6.71. The summed E-state index contributed by atoms with van der Waals surface area (Å²) in [7, 11) is 0. The van der Waals surface area contributed by atoms with Crippen molar-refractivity contribution < 1.29 is 19.2 Å². The molecule has 0 aromatic heterocycles. The van der Waals surface area contributed by atoms with Crippen LogP contribution in [0.3, 0.4) is 0 Å². The van der Waals surface area contributed by atoms with Crippen molar-refractivity contribution in [2.75, 3.05) is 26.2 Å². The van der Waals surface area contributed by atoms with Gasteiger partial charge in [0.05, 0.1) is 0 Å². The second-order valence-electron chi connectivity index (χ2n) is 6.26. The van der Waals surface area contributed by atoms with E-state index in [9.17, 15) is 19.2 Å². The first-order chi connectivity index (χ1) is 12.4. The van der Waals surface area contributed by atoms with Crippen molar-refractivity contribution >= 4 is 23.6 Å². The minimum Gasteiger partial charge on any atom is -0.339 e. The Bertz CT molecular complexity index is 679. The molecule has 1 aromatic rings. The standard InChI is InChI=1S/C18H24N4O4/c1-13-3-5-15(6-4-13)18(26)20-19-16(24)7-8-17(25)22-11-9-21(10-12-22)14(2)23/h3-6H,7-12H2,1-2H3,(H,19,24)(H,20,26). The fraction of sp³-hybridized carbons (Fsp3) is 0.444. The van der Waals surface area contributed by atoms with Crippen LogP contribution in [-0.2, 0) is 14.4 Å². The van der Waals surface area contributed by atoms with Crippen LogP contribution >= 0.6 is 0 Å². The monoisotopic (exact) mass is 360 g/mol.